The van der Waals surface area contributed by atoms with Gasteiger partial charge in [0, 0.05) is 19.5 Å². The van der Waals surface area contributed by atoms with E-state index in [4.69, 9.17) is 4.98 Å². The maximum absolute atomic E-state index is 4.75. The smallest absolute Gasteiger partial charge is 0.111 e. The van der Waals surface area contributed by atoms with Gasteiger partial charge in [-0.15, -0.1) is 0 Å². The summed E-state index contributed by atoms with van der Waals surface area (Å²) in [6.07, 6.45) is 3.34. The van der Waals surface area contributed by atoms with Gasteiger partial charge in [-0.2, -0.15) is 0 Å². The number of hydrogen-bond acceptors (Lipinski definition) is 2. The van der Waals surface area contributed by atoms with Gasteiger partial charge in [0.2, 0.25) is 0 Å². The number of para-hydroxylation sites is 2. The minimum atomic E-state index is 1.01. The predicted molar refractivity (Wildman–Crippen MR) is 76.9 cm³/mol. The van der Waals surface area contributed by atoms with Crippen molar-refractivity contribution in [1.82, 2.24) is 14.9 Å². The third kappa shape index (κ3) is 2.91. The van der Waals surface area contributed by atoms with Crippen LogP contribution in [-0.4, -0.2) is 22.6 Å². The summed E-state index contributed by atoms with van der Waals surface area (Å²) in [6.45, 7) is 7.58. The Morgan fingerprint density at radius 3 is 2.72 bits per heavy atom. The van der Waals surface area contributed by atoms with Gasteiger partial charge >= 0.3 is 0 Å². The summed E-state index contributed by atoms with van der Waals surface area (Å²) < 4.78 is 2.36. The molecule has 2 rings (SSSR count). The quantitative estimate of drug-likeness (QED) is 0.760. The van der Waals surface area contributed by atoms with E-state index in [1.54, 1.807) is 0 Å². The number of nitrogens with zero attached hydrogens (tertiary/aromatic N) is 2. The number of aromatic nitrogens is 2. The first-order valence-electron chi connectivity index (χ1n) is 7.01. The Labute approximate surface area is 109 Å². The van der Waals surface area contributed by atoms with Crippen molar-refractivity contribution in [1.29, 1.82) is 0 Å². The fourth-order valence-corrected chi connectivity index (χ4v) is 2.29. The summed E-state index contributed by atoms with van der Waals surface area (Å²) in [5.41, 5.74) is 2.39. The topological polar surface area (TPSA) is 29.9 Å². The second-order valence-corrected chi connectivity index (χ2v) is 4.67. The molecule has 0 atom stereocenters. The van der Waals surface area contributed by atoms with Gasteiger partial charge in [0.1, 0.15) is 5.82 Å². The minimum Gasteiger partial charge on any atom is -0.328 e. The lowest BCUT2D eigenvalue weighted by Gasteiger charge is -2.08. The van der Waals surface area contributed by atoms with Crippen molar-refractivity contribution in [2.75, 3.05) is 13.1 Å². The van der Waals surface area contributed by atoms with Crippen LogP contribution in [-0.2, 0) is 13.0 Å². The molecule has 0 aliphatic carbocycles. The Hall–Kier alpha value is -1.35. The molecule has 0 saturated heterocycles. The molecular weight excluding hydrogens is 222 g/mol. The number of imidazole rings is 1. The van der Waals surface area contributed by atoms with Crippen LogP contribution < -0.4 is 5.32 Å². The second kappa shape index (κ2) is 6.55. The molecule has 2 aromatic rings. The average molecular weight is 245 g/mol. The Balaban J connectivity index is 2.17. The SMILES string of the molecule is CCCNCCc1nc2ccccc2n1CCC. The van der Waals surface area contributed by atoms with Gasteiger partial charge in [-0.05, 0) is 31.5 Å². The second-order valence-electron chi connectivity index (χ2n) is 4.67. The summed E-state index contributed by atoms with van der Waals surface area (Å²) in [5, 5.41) is 3.44. The number of fused-ring (bicyclic) bond motifs is 1. The first-order valence-corrected chi connectivity index (χ1v) is 7.01. The lowest BCUT2D eigenvalue weighted by molar-refractivity contribution is 0.613. The van der Waals surface area contributed by atoms with Crippen LogP contribution in [0.4, 0.5) is 0 Å². The van der Waals surface area contributed by atoms with E-state index in [0.29, 0.717) is 0 Å². The normalized spacial score (nSPS) is 11.2. The van der Waals surface area contributed by atoms with Crippen molar-refractivity contribution in [3.05, 3.63) is 30.1 Å². The molecule has 98 valence electrons. The predicted octanol–water partition coefficient (Wildman–Crippen LogP) is 2.99. The zero-order valence-corrected chi connectivity index (χ0v) is 11.4. The van der Waals surface area contributed by atoms with Crippen molar-refractivity contribution in [2.24, 2.45) is 0 Å². The molecule has 1 aromatic heterocycles. The molecule has 0 spiro atoms. The van der Waals surface area contributed by atoms with Gasteiger partial charge in [0.15, 0.2) is 0 Å². The highest BCUT2D eigenvalue weighted by atomic mass is 15.1. The Kier molecular flexibility index (Phi) is 4.76. The standard InChI is InChI=1S/C15H23N3/c1-3-10-16-11-9-15-17-13-7-5-6-8-14(13)18(15)12-4-2/h5-8,16H,3-4,9-12H2,1-2H3. The molecule has 0 amide bonds. The van der Waals surface area contributed by atoms with E-state index in [0.717, 1.165) is 38.0 Å². The van der Waals surface area contributed by atoms with E-state index >= 15 is 0 Å². The minimum absolute atomic E-state index is 1.01. The molecule has 3 heteroatoms. The highest BCUT2D eigenvalue weighted by molar-refractivity contribution is 5.75. The summed E-state index contributed by atoms with van der Waals surface area (Å²) in [6, 6.07) is 8.42. The fraction of sp³-hybridized carbons (Fsp3) is 0.533. The van der Waals surface area contributed by atoms with Gasteiger partial charge < -0.3 is 9.88 Å². The van der Waals surface area contributed by atoms with E-state index in [9.17, 15) is 0 Å². The molecule has 1 heterocycles. The van der Waals surface area contributed by atoms with Gasteiger partial charge in [0.05, 0.1) is 11.0 Å². The average Bonchev–Trinajstić information content (AvgIpc) is 2.74. The van der Waals surface area contributed by atoms with Gasteiger partial charge in [-0.3, -0.25) is 0 Å². The number of nitrogens with one attached hydrogen (secondary N) is 1. The van der Waals surface area contributed by atoms with Crippen LogP contribution in [0.25, 0.3) is 11.0 Å². The molecule has 0 aliphatic rings. The first kappa shape index (κ1) is 13.1. The zero-order valence-electron chi connectivity index (χ0n) is 11.4. The summed E-state index contributed by atoms with van der Waals surface area (Å²) in [7, 11) is 0. The summed E-state index contributed by atoms with van der Waals surface area (Å²) in [5.74, 6) is 1.21. The molecule has 0 unspecified atom stereocenters. The molecule has 18 heavy (non-hydrogen) atoms. The van der Waals surface area contributed by atoms with Crippen molar-refractivity contribution in [3.63, 3.8) is 0 Å². The fourth-order valence-electron chi connectivity index (χ4n) is 2.29. The van der Waals surface area contributed by atoms with E-state index in [2.05, 4.69) is 48.0 Å². The molecule has 1 N–H and O–H groups in total. The van der Waals surface area contributed by atoms with E-state index in [1.807, 2.05) is 0 Å². The molecule has 1 aromatic carbocycles. The molecule has 0 aliphatic heterocycles. The lowest BCUT2D eigenvalue weighted by Crippen LogP contribution is -2.19. The van der Waals surface area contributed by atoms with E-state index in [1.165, 1.54) is 17.8 Å². The monoisotopic (exact) mass is 245 g/mol. The van der Waals surface area contributed by atoms with Crippen LogP contribution in [0.2, 0.25) is 0 Å². The molecule has 0 bridgehead atoms. The Morgan fingerprint density at radius 1 is 1.11 bits per heavy atom. The highest BCUT2D eigenvalue weighted by Gasteiger charge is 2.08. The molecule has 0 saturated carbocycles. The summed E-state index contributed by atoms with van der Waals surface area (Å²) >= 11 is 0. The van der Waals surface area contributed by atoms with E-state index in [-0.39, 0.29) is 0 Å². The van der Waals surface area contributed by atoms with Crippen LogP contribution in [0.15, 0.2) is 24.3 Å². The number of rotatable bonds is 7. The van der Waals surface area contributed by atoms with E-state index < -0.39 is 0 Å². The van der Waals surface area contributed by atoms with Crippen LogP contribution in [0.1, 0.15) is 32.5 Å². The van der Waals surface area contributed by atoms with Crippen LogP contribution in [0.3, 0.4) is 0 Å². The van der Waals surface area contributed by atoms with Crippen molar-refractivity contribution < 1.29 is 0 Å². The van der Waals surface area contributed by atoms with Crippen LogP contribution in [0.5, 0.6) is 0 Å². The number of hydrogen-bond donors (Lipinski definition) is 1. The maximum Gasteiger partial charge on any atom is 0.111 e. The lowest BCUT2D eigenvalue weighted by atomic mass is 10.3. The molecular formula is C15H23N3. The van der Waals surface area contributed by atoms with Crippen molar-refractivity contribution >= 4 is 11.0 Å². The third-order valence-electron chi connectivity index (χ3n) is 3.13. The van der Waals surface area contributed by atoms with Crippen molar-refractivity contribution in [2.45, 2.75) is 39.7 Å². The Morgan fingerprint density at radius 2 is 1.94 bits per heavy atom. The number of aryl methyl sites for hydroxylation is 1. The summed E-state index contributed by atoms with van der Waals surface area (Å²) in [4.78, 5) is 4.75. The Bertz CT molecular complexity index is 487. The molecule has 0 radical (unpaired) electrons. The van der Waals surface area contributed by atoms with Gasteiger partial charge in [0.25, 0.3) is 0 Å². The molecule has 0 fully saturated rings. The van der Waals surface area contributed by atoms with Crippen LogP contribution in [0, 0.1) is 0 Å². The molecule has 3 nitrogen and oxygen atoms in total. The van der Waals surface area contributed by atoms with Crippen molar-refractivity contribution in [3.8, 4) is 0 Å². The number of benzene rings is 1. The maximum atomic E-state index is 4.75. The van der Waals surface area contributed by atoms with Gasteiger partial charge in [-0.25, -0.2) is 4.98 Å². The largest absolute Gasteiger partial charge is 0.328 e. The van der Waals surface area contributed by atoms with Gasteiger partial charge in [-0.1, -0.05) is 26.0 Å². The van der Waals surface area contributed by atoms with Crippen LogP contribution >= 0.6 is 0 Å². The highest BCUT2D eigenvalue weighted by Crippen LogP contribution is 2.16. The third-order valence-corrected chi connectivity index (χ3v) is 3.13. The first-order chi connectivity index (χ1) is 8.86. The zero-order chi connectivity index (χ0) is 12.8.